The van der Waals surface area contributed by atoms with E-state index in [4.69, 9.17) is 4.74 Å². The van der Waals surface area contributed by atoms with Gasteiger partial charge in [0.05, 0.1) is 0 Å². The molecule has 1 N–H and O–H groups in total. The molecule has 0 aromatic carbocycles. The molecule has 266 valence electrons. The molecule has 4 fully saturated rings. The Hall–Kier alpha value is -0.990. The maximum Gasteiger partial charge on any atom is 0.407 e. The molecule has 0 spiro atoms. The van der Waals surface area contributed by atoms with E-state index in [0.717, 1.165) is 61.3 Å². The van der Waals surface area contributed by atoms with Crippen molar-refractivity contribution in [2.45, 2.75) is 201 Å². The highest BCUT2D eigenvalue weighted by molar-refractivity contribution is 5.67. The molecule has 46 heavy (non-hydrogen) atoms. The maximum atomic E-state index is 12.7. The Morgan fingerprint density at radius 1 is 0.739 bits per heavy atom. The zero-order valence-electron chi connectivity index (χ0n) is 31.4. The van der Waals surface area contributed by atoms with Gasteiger partial charge >= 0.3 is 6.09 Å². The summed E-state index contributed by atoms with van der Waals surface area (Å²) in [6, 6.07) is 0. The van der Waals surface area contributed by atoms with Gasteiger partial charge in [0.15, 0.2) is 0 Å². The lowest BCUT2D eigenvalue weighted by Crippen LogP contribution is -2.54. The molecule has 9 atom stereocenters. The fraction of sp³-hybridized carbons (Fsp3) is 0.930. The second-order valence-corrected chi connectivity index (χ2v) is 17.3. The Kier molecular flexibility index (Phi) is 15.8. The second-order valence-electron chi connectivity index (χ2n) is 17.3. The molecule has 0 saturated heterocycles. The van der Waals surface area contributed by atoms with Gasteiger partial charge in [0, 0.05) is 6.54 Å². The van der Waals surface area contributed by atoms with Crippen LogP contribution in [0.2, 0.25) is 0 Å². The number of fused-ring (bicyclic) bond motifs is 5. The summed E-state index contributed by atoms with van der Waals surface area (Å²) in [7, 11) is 0. The van der Waals surface area contributed by atoms with Crippen molar-refractivity contribution in [2.75, 3.05) is 6.54 Å². The number of ether oxygens (including phenoxy) is 1. The van der Waals surface area contributed by atoms with Gasteiger partial charge in [-0.1, -0.05) is 117 Å². The number of hydrogen-bond donors (Lipinski definition) is 1. The van der Waals surface area contributed by atoms with Crippen LogP contribution in [0.3, 0.4) is 0 Å². The van der Waals surface area contributed by atoms with E-state index in [1.807, 2.05) is 0 Å². The number of nitrogens with one attached hydrogen (secondary N) is 1. The number of rotatable bonds is 20. The molecular formula is C43H77NO2. The summed E-state index contributed by atoms with van der Waals surface area (Å²) in [4.78, 5) is 12.7. The molecule has 4 aliphatic carbocycles. The molecule has 4 saturated carbocycles. The van der Waals surface area contributed by atoms with Crippen LogP contribution in [0.5, 0.6) is 0 Å². The Morgan fingerprint density at radius 2 is 1.37 bits per heavy atom. The van der Waals surface area contributed by atoms with Crippen LogP contribution in [-0.4, -0.2) is 18.7 Å². The average Bonchev–Trinajstić information content (AvgIpc) is 3.40. The molecule has 3 nitrogen and oxygen atoms in total. The van der Waals surface area contributed by atoms with Crippen LogP contribution in [0, 0.1) is 46.3 Å². The molecule has 1 amide bonds. The molecular weight excluding hydrogens is 562 g/mol. The van der Waals surface area contributed by atoms with Gasteiger partial charge in [0.25, 0.3) is 0 Å². The Bertz CT molecular complexity index is 899. The lowest BCUT2D eigenvalue weighted by molar-refractivity contribution is -0.129. The van der Waals surface area contributed by atoms with Gasteiger partial charge in [-0.15, -0.1) is 0 Å². The summed E-state index contributed by atoms with van der Waals surface area (Å²) in [5, 5.41) is 3.09. The van der Waals surface area contributed by atoms with Crippen molar-refractivity contribution in [1.82, 2.24) is 5.32 Å². The van der Waals surface area contributed by atoms with E-state index < -0.39 is 0 Å². The summed E-state index contributed by atoms with van der Waals surface area (Å²) < 4.78 is 6.04. The highest BCUT2D eigenvalue weighted by Crippen LogP contribution is 2.68. The van der Waals surface area contributed by atoms with E-state index in [1.165, 1.54) is 141 Å². The molecule has 4 rings (SSSR count). The number of hydrogen-bond acceptors (Lipinski definition) is 2. The van der Waals surface area contributed by atoms with Gasteiger partial charge < -0.3 is 10.1 Å². The van der Waals surface area contributed by atoms with Gasteiger partial charge in [-0.2, -0.15) is 0 Å². The van der Waals surface area contributed by atoms with E-state index >= 15 is 0 Å². The highest BCUT2D eigenvalue weighted by atomic mass is 16.6. The van der Waals surface area contributed by atoms with Crippen molar-refractivity contribution in [2.24, 2.45) is 46.3 Å². The fourth-order valence-electron chi connectivity index (χ4n) is 11.7. The van der Waals surface area contributed by atoms with Gasteiger partial charge in [-0.3, -0.25) is 0 Å². The van der Waals surface area contributed by atoms with E-state index in [0.29, 0.717) is 10.8 Å². The summed E-state index contributed by atoms with van der Waals surface area (Å²) in [5.74, 6) is 5.36. The third-order valence-electron chi connectivity index (χ3n) is 14.4. The summed E-state index contributed by atoms with van der Waals surface area (Å²) in [6.07, 6.45) is 38.0. The van der Waals surface area contributed by atoms with Crippen LogP contribution in [0.1, 0.15) is 195 Å². The lowest BCUT2D eigenvalue weighted by Gasteiger charge is -2.61. The minimum Gasteiger partial charge on any atom is -0.446 e. The summed E-state index contributed by atoms with van der Waals surface area (Å²) in [6.45, 7) is 13.3. The first-order chi connectivity index (χ1) is 22.3. The third kappa shape index (κ3) is 10.0. The normalized spacial score (nSPS) is 34.5. The SMILES string of the molecule is CCCCCCCC/C=C\CCCCCCCCNC(=O)O[C@@H]1CC[C@@]2(C)C(CCC3C2CC[C@@]2(C)C3CC[C@@H]2[C@H](C)CCC)C1. The molecule has 0 aromatic rings. The molecule has 0 bridgehead atoms. The molecule has 0 aliphatic heterocycles. The minimum atomic E-state index is -0.165. The van der Waals surface area contributed by atoms with Gasteiger partial charge in [-0.25, -0.2) is 4.79 Å². The number of allylic oxidation sites excluding steroid dienone is 2. The van der Waals surface area contributed by atoms with Crippen LogP contribution >= 0.6 is 0 Å². The van der Waals surface area contributed by atoms with E-state index in [9.17, 15) is 4.79 Å². The Labute approximate surface area is 286 Å². The van der Waals surface area contributed by atoms with E-state index in [-0.39, 0.29) is 12.2 Å². The van der Waals surface area contributed by atoms with Crippen molar-refractivity contribution in [3.63, 3.8) is 0 Å². The standard InChI is InChI=1S/C43H77NO2/c1-6-8-9-10-11-12-13-14-15-16-17-18-19-20-21-22-32-44-41(45)46-36-28-30-42(4)35(33-36)24-25-37-39-27-26-38(34(3)23-7-2)43(39,5)31-29-40(37)42/h14-15,34-40H,6-13,16-33H2,1-5H3,(H,44,45)/b15-14-/t34-,35?,36-,37?,38-,39?,40?,42+,43-/m1/s1. The Balaban J connectivity index is 1.05. The van der Waals surface area contributed by atoms with E-state index in [1.54, 1.807) is 0 Å². The zero-order chi connectivity index (χ0) is 32.8. The quantitative estimate of drug-likeness (QED) is 0.106. The lowest BCUT2D eigenvalue weighted by atomic mass is 9.44. The van der Waals surface area contributed by atoms with Crippen molar-refractivity contribution in [1.29, 1.82) is 0 Å². The number of amides is 1. The highest BCUT2D eigenvalue weighted by Gasteiger charge is 2.60. The fourth-order valence-corrected chi connectivity index (χ4v) is 11.7. The van der Waals surface area contributed by atoms with Crippen molar-refractivity contribution in [3.8, 4) is 0 Å². The molecule has 0 radical (unpaired) electrons. The van der Waals surface area contributed by atoms with Crippen molar-refractivity contribution in [3.05, 3.63) is 12.2 Å². The van der Waals surface area contributed by atoms with Crippen molar-refractivity contribution < 1.29 is 9.53 Å². The topological polar surface area (TPSA) is 38.3 Å². The smallest absolute Gasteiger partial charge is 0.407 e. The number of carbonyl (C=O) groups is 1. The van der Waals surface area contributed by atoms with Gasteiger partial charge in [0.1, 0.15) is 6.10 Å². The molecule has 0 aromatic heterocycles. The number of alkyl carbamates (subject to hydrolysis) is 1. The first-order valence-electron chi connectivity index (χ1n) is 20.9. The monoisotopic (exact) mass is 640 g/mol. The molecule has 0 heterocycles. The van der Waals surface area contributed by atoms with Crippen LogP contribution in [0.15, 0.2) is 12.2 Å². The molecule has 4 aliphatic rings. The Morgan fingerprint density at radius 3 is 2.07 bits per heavy atom. The van der Waals surface area contributed by atoms with Crippen LogP contribution in [0.25, 0.3) is 0 Å². The minimum absolute atomic E-state index is 0.120. The van der Waals surface area contributed by atoms with Crippen LogP contribution < -0.4 is 5.32 Å². The largest absolute Gasteiger partial charge is 0.446 e. The maximum absolute atomic E-state index is 12.7. The van der Waals surface area contributed by atoms with Gasteiger partial charge in [0.2, 0.25) is 0 Å². The van der Waals surface area contributed by atoms with Crippen molar-refractivity contribution >= 4 is 6.09 Å². The average molecular weight is 640 g/mol. The molecule has 4 unspecified atom stereocenters. The van der Waals surface area contributed by atoms with Crippen LogP contribution in [0.4, 0.5) is 4.79 Å². The van der Waals surface area contributed by atoms with Gasteiger partial charge in [-0.05, 0) is 136 Å². The predicted octanol–water partition coefficient (Wildman–Crippen LogP) is 13.2. The third-order valence-corrected chi connectivity index (χ3v) is 14.4. The molecule has 3 heteroatoms. The summed E-state index contributed by atoms with van der Waals surface area (Å²) >= 11 is 0. The number of unbranched alkanes of at least 4 members (excludes halogenated alkanes) is 12. The zero-order valence-corrected chi connectivity index (χ0v) is 31.4. The van der Waals surface area contributed by atoms with E-state index in [2.05, 4.69) is 52.1 Å². The number of carbonyl (C=O) groups excluding carboxylic acids is 1. The first-order valence-corrected chi connectivity index (χ1v) is 20.9. The van der Waals surface area contributed by atoms with Crippen LogP contribution in [-0.2, 0) is 4.74 Å². The first kappa shape index (κ1) is 37.8. The predicted molar refractivity (Wildman–Crippen MR) is 197 cm³/mol. The summed E-state index contributed by atoms with van der Waals surface area (Å²) in [5.41, 5.74) is 1.04. The second kappa shape index (κ2) is 19.3.